The van der Waals surface area contributed by atoms with Crippen molar-refractivity contribution >= 4 is 48.9 Å². The van der Waals surface area contributed by atoms with Crippen LogP contribution >= 0.6 is 43.2 Å². The summed E-state index contributed by atoms with van der Waals surface area (Å²) in [6.45, 7) is 14.7. The van der Waals surface area contributed by atoms with Crippen LogP contribution in [-0.2, 0) is 11.8 Å². The fraction of sp³-hybridized carbons (Fsp3) is 0.407. The lowest BCUT2D eigenvalue weighted by molar-refractivity contribution is 0.168. The fourth-order valence-corrected chi connectivity index (χ4v) is 6.13. The molecule has 0 aliphatic carbocycles. The molecule has 2 aliphatic heterocycles. The Morgan fingerprint density at radius 2 is 1.67 bits per heavy atom. The molecule has 2 nitrogen and oxygen atoms in total. The van der Waals surface area contributed by atoms with E-state index in [2.05, 4.69) is 81.8 Å². The van der Waals surface area contributed by atoms with Gasteiger partial charge in [-0.3, -0.25) is 0 Å². The van der Waals surface area contributed by atoms with E-state index in [1.54, 1.807) is 11.3 Å². The highest BCUT2D eigenvalue weighted by molar-refractivity contribution is 9.10. The van der Waals surface area contributed by atoms with Crippen LogP contribution in [0.3, 0.4) is 0 Å². The van der Waals surface area contributed by atoms with E-state index in [0.29, 0.717) is 15.8 Å². The molecule has 2 aromatic carbocycles. The number of hydrogen-bond acceptors (Lipinski definition) is 3. The summed E-state index contributed by atoms with van der Waals surface area (Å²) in [6.07, 6.45) is 0.488. The molecule has 178 valence electrons. The number of halogens is 3. The molecule has 5 rings (SSSR count). The zero-order valence-corrected chi connectivity index (χ0v) is 24.3. The Labute approximate surface area is 218 Å². The van der Waals surface area contributed by atoms with Crippen molar-refractivity contribution < 1.29 is 9.13 Å². The third-order valence-corrected chi connectivity index (χ3v) is 8.05. The molecule has 0 spiro atoms. The summed E-state index contributed by atoms with van der Waals surface area (Å²) in [4.78, 5) is 4.70. The quantitative estimate of drug-likeness (QED) is 0.277. The molecular weight excluding hydrogens is 565 g/mol. The van der Waals surface area contributed by atoms with Crippen molar-refractivity contribution in [2.45, 2.75) is 72.6 Å². The number of hydrogen-bond donors (Lipinski definition) is 0. The van der Waals surface area contributed by atoms with Crippen molar-refractivity contribution in [3.63, 3.8) is 0 Å². The number of nitrogens with zero attached hydrogens (tertiary/aromatic N) is 1. The number of benzene rings is 2. The van der Waals surface area contributed by atoms with E-state index in [9.17, 15) is 0 Å². The van der Waals surface area contributed by atoms with Crippen LogP contribution in [0.1, 0.15) is 81.6 Å². The van der Waals surface area contributed by atoms with Gasteiger partial charge < -0.3 is 9.64 Å². The predicted molar refractivity (Wildman–Crippen MR) is 146 cm³/mol. The van der Waals surface area contributed by atoms with Gasteiger partial charge in [-0.25, -0.2) is 4.39 Å². The van der Waals surface area contributed by atoms with Gasteiger partial charge in [0.05, 0.1) is 16.5 Å². The molecule has 0 radical (unpaired) electrons. The molecule has 2 unspecified atom stereocenters. The van der Waals surface area contributed by atoms with Gasteiger partial charge in [-0.2, -0.15) is 0 Å². The zero-order valence-electron chi connectivity index (χ0n) is 20.3. The fourth-order valence-electron chi connectivity index (χ4n) is 4.22. The van der Waals surface area contributed by atoms with E-state index < -0.39 is 0 Å². The molecule has 0 saturated carbocycles. The number of rotatable bonds is 1. The monoisotopic (exact) mass is 595 g/mol. The molecule has 2 atom stereocenters. The first kappa shape index (κ1) is 26.2. The predicted octanol–water partition coefficient (Wildman–Crippen LogP) is 9.96. The van der Waals surface area contributed by atoms with E-state index in [1.165, 1.54) is 16.5 Å². The van der Waals surface area contributed by atoms with Crippen LogP contribution in [0.5, 0.6) is 5.75 Å². The molecule has 0 N–H and O–H groups in total. The highest BCUT2D eigenvalue weighted by Crippen LogP contribution is 2.54. The van der Waals surface area contributed by atoms with Gasteiger partial charge >= 0.3 is 0 Å². The first-order chi connectivity index (χ1) is 15.7. The summed E-state index contributed by atoms with van der Waals surface area (Å²) in [5, 5.41) is 0. The minimum absolute atomic E-state index is 0.0812. The number of fused-ring (bicyclic) bond motifs is 5. The zero-order chi connectivity index (χ0) is 24.5. The average Bonchev–Trinajstić information content (AvgIpc) is 3.40. The van der Waals surface area contributed by atoms with Gasteiger partial charge in [-0.05, 0) is 59.9 Å². The molecule has 0 fully saturated rings. The number of anilines is 1. The van der Waals surface area contributed by atoms with E-state index in [-0.39, 0.29) is 23.5 Å². The molecule has 2 aliphatic rings. The molecule has 6 heteroatoms. The van der Waals surface area contributed by atoms with Crippen LogP contribution in [0.4, 0.5) is 10.1 Å². The van der Waals surface area contributed by atoms with Crippen molar-refractivity contribution in [2.24, 2.45) is 0 Å². The molecule has 33 heavy (non-hydrogen) atoms. The Kier molecular flexibility index (Phi) is 8.34. The van der Waals surface area contributed by atoms with Crippen molar-refractivity contribution in [1.82, 2.24) is 0 Å². The van der Waals surface area contributed by atoms with Crippen molar-refractivity contribution in [3.8, 4) is 5.75 Å². The van der Waals surface area contributed by atoms with E-state index in [1.807, 2.05) is 39.8 Å². The second-order valence-corrected chi connectivity index (χ2v) is 11.6. The Morgan fingerprint density at radius 1 is 0.970 bits per heavy atom. The molecule has 0 amide bonds. The largest absolute Gasteiger partial charge is 0.465 e. The van der Waals surface area contributed by atoms with Gasteiger partial charge in [-0.1, -0.05) is 80.3 Å². The molecule has 3 aromatic rings. The normalized spacial score (nSPS) is 18.1. The second kappa shape index (κ2) is 10.5. The van der Waals surface area contributed by atoms with Crippen LogP contribution in [0, 0.1) is 5.82 Å². The van der Waals surface area contributed by atoms with Gasteiger partial charge in [-0.15, -0.1) is 11.3 Å². The molecule has 0 saturated heterocycles. The van der Waals surface area contributed by atoms with Gasteiger partial charge in [0, 0.05) is 19.5 Å². The number of ether oxygens (including phenoxy) is 1. The summed E-state index contributed by atoms with van der Waals surface area (Å²) in [5.74, 6) is 0.400. The van der Waals surface area contributed by atoms with Gasteiger partial charge in [0.2, 0.25) is 6.23 Å². The van der Waals surface area contributed by atoms with Crippen molar-refractivity contribution in [1.29, 1.82) is 0 Å². The maximum Gasteiger partial charge on any atom is 0.208 e. The standard InChI is InChI=1S/C23H20Br2FNOS.2C2H6/c1-23(2,3)20-7-6-19(29-20)22-27-16-5-4-13(24)8-12(16)9-17(27)21-15(26)10-14(25)11-18(21)28-22;2*1-2/h4-8,10-11,17,22H,9H2,1-3H3;2*1-2H3. The summed E-state index contributed by atoms with van der Waals surface area (Å²) in [5.41, 5.74) is 3.05. The van der Waals surface area contributed by atoms with Crippen molar-refractivity contribution in [3.05, 3.63) is 78.1 Å². The molecule has 3 heterocycles. The summed E-state index contributed by atoms with van der Waals surface area (Å²) < 4.78 is 23.2. The smallest absolute Gasteiger partial charge is 0.208 e. The third-order valence-electron chi connectivity index (χ3n) is 5.56. The summed E-state index contributed by atoms with van der Waals surface area (Å²) in [7, 11) is 0. The molecular formula is C27H32Br2FNOS. The van der Waals surface area contributed by atoms with Gasteiger partial charge in [0.25, 0.3) is 0 Å². The van der Waals surface area contributed by atoms with E-state index in [0.717, 1.165) is 21.5 Å². The maximum atomic E-state index is 15.0. The number of thiophene rings is 1. The van der Waals surface area contributed by atoms with Crippen LogP contribution in [0.15, 0.2) is 51.4 Å². The Hall–Kier alpha value is -1.37. The Morgan fingerprint density at radius 3 is 2.30 bits per heavy atom. The lowest BCUT2D eigenvalue weighted by Gasteiger charge is -2.40. The highest BCUT2D eigenvalue weighted by Gasteiger charge is 2.44. The SMILES string of the molecule is CC.CC.CC(C)(C)c1ccc(C2Oc3cc(Br)cc(F)c3C3Cc4cc(Br)ccc4N32)s1. The highest BCUT2D eigenvalue weighted by atomic mass is 79.9. The van der Waals surface area contributed by atoms with Gasteiger partial charge in [0.1, 0.15) is 11.6 Å². The van der Waals surface area contributed by atoms with Crippen LogP contribution < -0.4 is 9.64 Å². The lowest BCUT2D eigenvalue weighted by Crippen LogP contribution is -2.37. The maximum absolute atomic E-state index is 15.0. The summed E-state index contributed by atoms with van der Waals surface area (Å²) in [6, 6.07) is 14.0. The minimum atomic E-state index is -0.273. The van der Waals surface area contributed by atoms with Crippen LogP contribution in [-0.4, -0.2) is 0 Å². The first-order valence-corrected chi connectivity index (χ1v) is 14.0. The summed E-state index contributed by atoms with van der Waals surface area (Å²) >= 11 is 8.77. The average molecular weight is 597 g/mol. The van der Waals surface area contributed by atoms with Gasteiger partial charge in [0.15, 0.2) is 0 Å². The first-order valence-electron chi connectivity index (χ1n) is 11.5. The lowest BCUT2D eigenvalue weighted by atomic mass is 9.95. The van der Waals surface area contributed by atoms with Crippen molar-refractivity contribution in [2.75, 3.05) is 4.90 Å². The Balaban J connectivity index is 0.000000728. The Bertz CT molecular complexity index is 1120. The molecule has 0 bridgehead atoms. The topological polar surface area (TPSA) is 12.5 Å². The minimum Gasteiger partial charge on any atom is -0.465 e. The van der Waals surface area contributed by atoms with Crippen LogP contribution in [0.2, 0.25) is 0 Å². The second-order valence-electron chi connectivity index (χ2n) is 8.62. The third kappa shape index (κ3) is 5.03. The van der Waals surface area contributed by atoms with Crippen LogP contribution in [0.25, 0.3) is 0 Å². The molecule has 1 aromatic heterocycles. The van der Waals surface area contributed by atoms with E-state index in [4.69, 9.17) is 4.74 Å². The van der Waals surface area contributed by atoms with E-state index >= 15 is 4.39 Å².